The topological polar surface area (TPSA) is 52.0 Å². The smallest absolute Gasteiger partial charge is 0.161 e. The normalized spacial score (nSPS) is 12.4. The van der Waals surface area contributed by atoms with Crippen LogP contribution in [0.5, 0.6) is 5.75 Å². The average molecular weight is 274 g/mol. The third-order valence-corrected chi connectivity index (χ3v) is 3.46. The van der Waals surface area contributed by atoms with E-state index in [1.807, 2.05) is 17.9 Å². The molecule has 5 nitrogen and oxygen atoms in total. The summed E-state index contributed by atoms with van der Waals surface area (Å²) in [5, 5.41) is 7.70. The lowest BCUT2D eigenvalue weighted by Gasteiger charge is -2.20. The molecule has 0 spiro atoms. The van der Waals surface area contributed by atoms with Crippen LogP contribution < -0.4 is 10.1 Å². The minimum atomic E-state index is -0.0343. The molecule has 2 aromatic rings. The van der Waals surface area contributed by atoms with Gasteiger partial charge in [-0.15, -0.1) is 0 Å². The van der Waals surface area contributed by atoms with Crippen molar-refractivity contribution < 1.29 is 4.74 Å². The van der Waals surface area contributed by atoms with Crippen molar-refractivity contribution in [2.45, 2.75) is 33.4 Å². The molecule has 0 saturated carbocycles. The van der Waals surface area contributed by atoms with Gasteiger partial charge in [-0.3, -0.25) is 9.67 Å². The van der Waals surface area contributed by atoms with Crippen molar-refractivity contribution in [2.24, 2.45) is 0 Å². The minimum absolute atomic E-state index is 0.0343. The SMILES string of the molecule is CCn1ncc(OC)c1C(NC)c1ncc(C)cc1C. The summed E-state index contributed by atoms with van der Waals surface area (Å²) in [7, 11) is 3.60. The van der Waals surface area contributed by atoms with E-state index in [9.17, 15) is 0 Å². The molecule has 0 fully saturated rings. The zero-order chi connectivity index (χ0) is 14.7. The molecule has 0 amide bonds. The number of methoxy groups -OCH3 is 1. The van der Waals surface area contributed by atoms with Gasteiger partial charge < -0.3 is 10.1 Å². The van der Waals surface area contributed by atoms with E-state index in [1.54, 1.807) is 13.3 Å². The first-order valence-electron chi connectivity index (χ1n) is 6.82. The van der Waals surface area contributed by atoms with Crippen LogP contribution in [0.4, 0.5) is 0 Å². The number of aryl methyl sites for hydroxylation is 3. The Kier molecular flexibility index (Phi) is 4.39. The highest BCUT2D eigenvalue weighted by molar-refractivity contribution is 5.37. The van der Waals surface area contributed by atoms with Gasteiger partial charge >= 0.3 is 0 Å². The Hall–Kier alpha value is -1.88. The predicted molar refractivity (Wildman–Crippen MR) is 79.1 cm³/mol. The van der Waals surface area contributed by atoms with E-state index in [0.717, 1.165) is 34.8 Å². The van der Waals surface area contributed by atoms with Crippen molar-refractivity contribution in [1.29, 1.82) is 0 Å². The lowest BCUT2D eigenvalue weighted by molar-refractivity contribution is 0.400. The Balaban J connectivity index is 2.54. The molecule has 108 valence electrons. The molecule has 5 heteroatoms. The Labute approximate surface area is 120 Å². The molecule has 0 saturated heterocycles. The van der Waals surface area contributed by atoms with Crippen LogP contribution in [0.3, 0.4) is 0 Å². The first-order chi connectivity index (χ1) is 9.62. The van der Waals surface area contributed by atoms with Crippen LogP contribution in [0, 0.1) is 13.8 Å². The Morgan fingerprint density at radius 2 is 2.10 bits per heavy atom. The first-order valence-corrected chi connectivity index (χ1v) is 6.82. The molecule has 0 aliphatic heterocycles. The van der Waals surface area contributed by atoms with Gasteiger partial charge in [0.05, 0.1) is 25.0 Å². The number of ether oxygens (including phenoxy) is 1. The minimum Gasteiger partial charge on any atom is -0.493 e. The van der Waals surface area contributed by atoms with Crippen molar-refractivity contribution in [3.8, 4) is 5.75 Å². The molecule has 1 N–H and O–H groups in total. The van der Waals surface area contributed by atoms with Gasteiger partial charge in [-0.2, -0.15) is 5.10 Å². The van der Waals surface area contributed by atoms with Crippen LogP contribution in [0.15, 0.2) is 18.5 Å². The number of nitrogens with one attached hydrogen (secondary N) is 1. The second kappa shape index (κ2) is 6.05. The number of rotatable bonds is 5. The van der Waals surface area contributed by atoms with Gasteiger partial charge in [0.25, 0.3) is 0 Å². The monoisotopic (exact) mass is 274 g/mol. The summed E-state index contributed by atoms with van der Waals surface area (Å²) in [6.07, 6.45) is 3.65. The van der Waals surface area contributed by atoms with Gasteiger partial charge in [-0.1, -0.05) is 6.07 Å². The zero-order valence-corrected chi connectivity index (χ0v) is 12.8. The maximum Gasteiger partial charge on any atom is 0.161 e. The number of hydrogen-bond acceptors (Lipinski definition) is 4. The lowest BCUT2D eigenvalue weighted by atomic mass is 10.0. The molecular weight excluding hydrogens is 252 g/mol. The highest BCUT2D eigenvalue weighted by Crippen LogP contribution is 2.30. The standard InChI is InChI=1S/C15H22N4O/c1-6-19-15(12(20-5)9-18-19)14(16-4)13-11(3)7-10(2)8-17-13/h7-9,14,16H,6H2,1-5H3. The van der Waals surface area contributed by atoms with E-state index >= 15 is 0 Å². The molecule has 2 rings (SSSR count). The maximum atomic E-state index is 5.44. The molecule has 2 heterocycles. The van der Waals surface area contributed by atoms with Crippen LogP contribution in [0.1, 0.15) is 35.5 Å². The van der Waals surface area contributed by atoms with Gasteiger partial charge in [0.1, 0.15) is 5.69 Å². The second-order valence-corrected chi connectivity index (χ2v) is 4.85. The highest BCUT2D eigenvalue weighted by atomic mass is 16.5. The molecule has 20 heavy (non-hydrogen) atoms. The van der Waals surface area contributed by atoms with Crippen LogP contribution in [0.25, 0.3) is 0 Å². The summed E-state index contributed by atoms with van der Waals surface area (Å²) in [4.78, 5) is 4.60. The second-order valence-electron chi connectivity index (χ2n) is 4.85. The average Bonchev–Trinajstić information content (AvgIpc) is 2.85. The maximum absolute atomic E-state index is 5.44. The number of nitrogens with zero attached hydrogens (tertiary/aromatic N) is 3. The van der Waals surface area contributed by atoms with Crippen LogP contribution >= 0.6 is 0 Å². The van der Waals surface area contributed by atoms with Crippen molar-refractivity contribution in [1.82, 2.24) is 20.1 Å². The molecule has 0 aliphatic carbocycles. The molecule has 1 unspecified atom stereocenters. The van der Waals surface area contributed by atoms with E-state index in [4.69, 9.17) is 4.74 Å². The fourth-order valence-corrected chi connectivity index (χ4v) is 2.51. The summed E-state index contributed by atoms with van der Waals surface area (Å²) in [6.45, 7) is 6.99. The number of hydrogen-bond donors (Lipinski definition) is 1. The molecule has 0 aliphatic rings. The van der Waals surface area contributed by atoms with Crippen molar-refractivity contribution in [2.75, 3.05) is 14.2 Å². The van der Waals surface area contributed by atoms with Gasteiger partial charge in [0, 0.05) is 12.7 Å². The summed E-state index contributed by atoms with van der Waals surface area (Å²) in [6, 6.07) is 2.11. The molecule has 0 radical (unpaired) electrons. The van der Waals surface area contributed by atoms with Gasteiger partial charge in [-0.05, 0) is 38.9 Å². The third-order valence-electron chi connectivity index (χ3n) is 3.46. The molecule has 1 atom stereocenters. The van der Waals surface area contributed by atoms with Crippen LogP contribution in [-0.4, -0.2) is 28.9 Å². The Morgan fingerprint density at radius 1 is 1.35 bits per heavy atom. The van der Waals surface area contributed by atoms with E-state index in [-0.39, 0.29) is 6.04 Å². The van der Waals surface area contributed by atoms with Crippen LogP contribution in [0.2, 0.25) is 0 Å². The van der Waals surface area contributed by atoms with Crippen LogP contribution in [-0.2, 0) is 6.54 Å². The molecule has 0 bridgehead atoms. The van der Waals surface area contributed by atoms with Gasteiger partial charge in [0.2, 0.25) is 0 Å². The van der Waals surface area contributed by atoms with Gasteiger partial charge in [0.15, 0.2) is 5.75 Å². The Bertz CT molecular complexity index is 570. The number of aromatic nitrogens is 3. The van der Waals surface area contributed by atoms with Crippen molar-refractivity contribution in [3.05, 3.63) is 41.0 Å². The molecule has 0 aromatic carbocycles. The first kappa shape index (κ1) is 14.5. The van der Waals surface area contributed by atoms with E-state index in [0.29, 0.717) is 0 Å². The Morgan fingerprint density at radius 3 is 2.65 bits per heavy atom. The summed E-state index contributed by atoms with van der Waals surface area (Å²) in [5.41, 5.74) is 4.34. The van der Waals surface area contributed by atoms with E-state index < -0.39 is 0 Å². The fourth-order valence-electron chi connectivity index (χ4n) is 2.51. The summed E-state index contributed by atoms with van der Waals surface area (Å²) < 4.78 is 7.39. The lowest BCUT2D eigenvalue weighted by Crippen LogP contribution is -2.24. The summed E-state index contributed by atoms with van der Waals surface area (Å²) in [5.74, 6) is 0.785. The zero-order valence-electron chi connectivity index (χ0n) is 12.8. The van der Waals surface area contributed by atoms with E-state index in [1.165, 1.54) is 0 Å². The predicted octanol–water partition coefficient (Wildman–Crippen LogP) is 2.23. The quantitative estimate of drug-likeness (QED) is 0.908. The fraction of sp³-hybridized carbons (Fsp3) is 0.467. The molecule has 2 aromatic heterocycles. The number of pyridine rings is 1. The van der Waals surface area contributed by atoms with Gasteiger partial charge in [-0.25, -0.2) is 0 Å². The van der Waals surface area contributed by atoms with Crippen molar-refractivity contribution in [3.63, 3.8) is 0 Å². The highest BCUT2D eigenvalue weighted by Gasteiger charge is 2.24. The molecular formula is C15H22N4O. The largest absolute Gasteiger partial charge is 0.493 e. The third kappa shape index (κ3) is 2.54. The summed E-state index contributed by atoms with van der Waals surface area (Å²) >= 11 is 0. The van der Waals surface area contributed by atoms with E-state index in [2.05, 4.69) is 42.2 Å². The van der Waals surface area contributed by atoms with Crippen molar-refractivity contribution >= 4 is 0 Å².